The van der Waals surface area contributed by atoms with Crippen LogP contribution in [0.2, 0.25) is 0 Å². The molecule has 0 radical (unpaired) electrons. The van der Waals surface area contributed by atoms with Crippen molar-refractivity contribution in [2.75, 3.05) is 39.6 Å². The molecule has 30 heteroatoms. The molecule has 4 rings (SSSR count). The van der Waals surface area contributed by atoms with Crippen LogP contribution in [0.4, 0.5) is 0 Å². The maximum Gasteiger partial charge on any atom is 0.364 e. The smallest absolute Gasteiger partial charge is 0.364 e. The van der Waals surface area contributed by atoms with Crippen LogP contribution in [0.3, 0.4) is 0 Å². The number of carboxylic acids is 2. The fraction of sp³-hybridized carbons (Fsp3) is 0.897. The summed E-state index contributed by atoms with van der Waals surface area (Å²) in [5.74, 6) is -11.7. The van der Waals surface area contributed by atoms with Crippen molar-refractivity contribution >= 4 is 23.8 Å². The lowest BCUT2D eigenvalue weighted by Gasteiger charge is -2.50. The summed E-state index contributed by atoms with van der Waals surface area (Å²) in [5.41, 5.74) is 5.50. The molecule has 22 atom stereocenters. The van der Waals surface area contributed by atoms with E-state index in [1.807, 2.05) is 0 Å². The van der Waals surface area contributed by atoms with E-state index in [1.165, 1.54) is 0 Å². The van der Waals surface area contributed by atoms with Crippen LogP contribution in [-0.4, -0.2) is 274 Å². The van der Waals surface area contributed by atoms with Gasteiger partial charge < -0.3 is 131 Å². The molecule has 400 valence electrons. The van der Waals surface area contributed by atoms with Crippen molar-refractivity contribution in [1.82, 2.24) is 10.6 Å². The molecule has 0 spiro atoms. The number of hydrogen-bond acceptors (Lipinski definition) is 26. The van der Waals surface area contributed by atoms with E-state index < -0.39 is 197 Å². The predicted octanol–water partition coefficient (Wildman–Crippen LogP) is -9.90. The van der Waals surface area contributed by atoms with Crippen LogP contribution in [0, 0.1) is 0 Å². The number of aliphatic hydroxyl groups excluding tert-OH is 13. The maximum absolute atomic E-state index is 13.2. The SMILES string of the molecule is CC(=O)NC1C(O)CC(OCC2OC(OC3CC(OCC4OC(OCCCCCN)C(O)C(O)C4O)(C(=O)O)OC(C(O)C(O)CO)C3NC(C)=O)C(O)C(O)C2O)(C(=O)O)OC1C(O)C(O)CO. The van der Waals surface area contributed by atoms with Crippen molar-refractivity contribution < 1.29 is 134 Å². The quantitative estimate of drug-likeness (QED) is 0.0399. The zero-order chi connectivity index (χ0) is 51.7. The molecule has 0 saturated carbocycles. The van der Waals surface area contributed by atoms with Crippen molar-refractivity contribution in [2.45, 2.75) is 180 Å². The number of carbonyl (C=O) groups excluding carboxylic acids is 2. The van der Waals surface area contributed by atoms with E-state index in [4.69, 9.17) is 43.6 Å². The number of amides is 2. The third kappa shape index (κ3) is 13.9. The van der Waals surface area contributed by atoms with Gasteiger partial charge in [-0.1, -0.05) is 0 Å². The van der Waals surface area contributed by atoms with Crippen LogP contribution < -0.4 is 16.4 Å². The molecule has 0 aromatic rings. The van der Waals surface area contributed by atoms with E-state index in [-0.39, 0.29) is 6.61 Å². The van der Waals surface area contributed by atoms with Gasteiger partial charge >= 0.3 is 11.9 Å². The molecule has 4 fully saturated rings. The highest BCUT2D eigenvalue weighted by Gasteiger charge is 2.60. The Bertz CT molecular complexity index is 1670. The summed E-state index contributed by atoms with van der Waals surface area (Å²) in [6.45, 7) is -2.01. The Kier molecular flexibility index (Phi) is 21.7. The average Bonchev–Trinajstić information content (AvgIpc) is 3.30. The summed E-state index contributed by atoms with van der Waals surface area (Å²) in [4.78, 5) is 50.5. The van der Waals surface area contributed by atoms with Crippen LogP contribution >= 0.6 is 0 Å². The standard InChI is InChI=1S/C39H67N3O27/c1-14(45)41-22-16(47)8-38(36(58)59,68-32(22)24(50)17(48)10-43)63-13-21-27(53)29(55)31(57)35(67-21)65-19-9-39(37(60)61,69-33(23(19)42-15(2)46)25(51)18(49)11-44)64-12-20-26(52)28(54)30(56)34(66-20)62-7-5-3-4-6-40/h16-35,43-44,47-57H,3-13,40H2,1-2H3,(H,41,45)(H,42,46)(H,58,59)(H,60,61). The van der Waals surface area contributed by atoms with E-state index in [1.54, 1.807) is 0 Å². The Labute approximate surface area is 392 Å². The number of aliphatic hydroxyl groups is 13. The van der Waals surface area contributed by atoms with Crippen molar-refractivity contribution in [3.8, 4) is 0 Å². The number of nitrogens with two attached hydrogens (primary N) is 1. The molecule has 4 heterocycles. The third-order valence-corrected chi connectivity index (χ3v) is 12.1. The molecule has 4 aliphatic heterocycles. The first-order valence-electron chi connectivity index (χ1n) is 22.0. The first-order chi connectivity index (χ1) is 32.4. The summed E-state index contributed by atoms with van der Waals surface area (Å²) >= 11 is 0. The van der Waals surface area contributed by atoms with Crippen molar-refractivity contribution in [3.05, 3.63) is 0 Å². The fourth-order valence-electron chi connectivity index (χ4n) is 8.25. The highest BCUT2D eigenvalue weighted by Crippen LogP contribution is 2.39. The van der Waals surface area contributed by atoms with Crippen LogP contribution in [0.15, 0.2) is 0 Å². The highest BCUT2D eigenvalue weighted by atomic mass is 16.8. The average molecular weight is 1010 g/mol. The second kappa shape index (κ2) is 25.6. The molecule has 19 N–H and O–H groups in total. The van der Waals surface area contributed by atoms with Gasteiger partial charge in [-0.3, -0.25) is 9.59 Å². The molecule has 22 unspecified atom stereocenters. The number of rotatable bonds is 24. The van der Waals surface area contributed by atoms with Gasteiger partial charge in [0.1, 0.15) is 85.5 Å². The van der Waals surface area contributed by atoms with Gasteiger partial charge in [0.15, 0.2) is 12.6 Å². The van der Waals surface area contributed by atoms with E-state index in [9.17, 15) is 95.8 Å². The molecule has 4 aliphatic rings. The Hall–Kier alpha value is -3.00. The summed E-state index contributed by atoms with van der Waals surface area (Å²) in [6, 6.07) is -3.37. The van der Waals surface area contributed by atoms with E-state index in [0.29, 0.717) is 25.8 Å². The molecular weight excluding hydrogens is 942 g/mol. The molecule has 0 bridgehead atoms. The zero-order valence-electron chi connectivity index (χ0n) is 37.5. The molecule has 2 amide bonds. The second-order valence-electron chi connectivity index (χ2n) is 17.2. The topological polar surface area (TPSA) is 496 Å². The van der Waals surface area contributed by atoms with Gasteiger partial charge in [-0.2, -0.15) is 0 Å². The number of hydrogen-bond donors (Lipinski definition) is 18. The van der Waals surface area contributed by atoms with Crippen LogP contribution in [0.25, 0.3) is 0 Å². The van der Waals surface area contributed by atoms with Gasteiger partial charge in [0.05, 0.1) is 50.7 Å². The fourth-order valence-corrected chi connectivity index (χ4v) is 8.25. The summed E-state index contributed by atoms with van der Waals surface area (Å²) < 4.78 is 45.5. The molecule has 30 nitrogen and oxygen atoms in total. The Morgan fingerprint density at radius 2 is 1.09 bits per heavy atom. The largest absolute Gasteiger partial charge is 0.477 e. The normalized spacial score (nSPS) is 40.2. The van der Waals surface area contributed by atoms with E-state index in [2.05, 4.69) is 10.6 Å². The van der Waals surface area contributed by atoms with Gasteiger partial charge in [0.2, 0.25) is 11.8 Å². The number of unbranched alkanes of at least 4 members (excludes halogenated alkanes) is 2. The van der Waals surface area contributed by atoms with Crippen LogP contribution in [0.1, 0.15) is 46.0 Å². The lowest BCUT2D eigenvalue weighted by Crippen LogP contribution is -2.70. The number of ether oxygens (including phenoxy) is 8. The number of nitrogens with one attached hydrogen (secondary N) is 2. The molecule has 0 aromatic heterocycles. The van der Waals surface area contributed by atoms with Crippen molar-refractivity contribution in [1.29, 1.82) is 0 Å². The molecule has 0 aromatic carbocycles. The Balaban J connectivity index is 1.66. The number of carbonyl (C=O) groups is 4. The van der Waals surface area contributed by atoms with E-state index >= 15 is 0 Å². The van der Waals surface area contributed by atoms with Gasteiger partial charge in [-0.15, -0.1) is 0 Å². The first-order valence-corrected chi connectivity index (χ1v) is 22.0. The summed E-state index contributed by atoms with van der Waals surface area (Å²) in [7, 11) is 0. The van der Waals surface area contributed by atoms with Crippen LogP contribution in [0.5, 0.6) is 0 Å². The lowest BCUT2D eigenvalue weighted by molar-refractivity contribution is -0.364. The van der Waals surface area contributed by atoms with Crippen LogP contribution in [-0.2, 0) is 57.1 Å². The first kappa shape index (κ1) is 58.6. The molecular formula is C39H67N3O27. The Morgan fingerprint density at radius 1 is 0.638 bits per heavy atom. The highest BCUT2D eigenvalue weighted by molar-refractivity contribution is 5.77. The predicted molar refractivity (Wildman–Crippen MR) is 218 cm³/mol. The lowest BCUT2D eigenvalue weighted by atomic mass is 9.88. The van der Waals surface area contributed by atoms with Gasteiger partial charge in [0.25, 0.3) is 11.6 Å². The summed E-state index contributed by atoms with van der Waals surface area (Å²) in [6.07, 6.45) is -36.7. The van der Waals surface area contributed by atoms with Gasteiger partial charge in [0, 0.05) is 33.3 Å². The molecule has 69 heavy (non-hydrogen) atoms. The number of carboxylic acid groups (broad SMARTS) is 2. The summed E-state index contributed by atoms with van der Waals surface area (Å²) in [5, 5.41) is 164. The minimum atomic E-state index is -3.07. The van der Waals surface area contributed by atoms with Crippen molar-refractivity contribution in [3.63, 3.8) is 0 Å². The number of aliphatic carboxylic acids is 2. The third-order valence-electron chi connectivity index (χ3n) is 12.1. The van der Waals surface area contributed by atoms with Gasteiger partial charge in [-0.25, -0.2) is 9.59 Å². The van der Waals surface area contributed by atoms with Crippen molar-refractivity contribution in [2.24, 2.45) is 5.73 Å². The van der Waals surface area contributed by atoms with E-state index in [0.717, 1.165) is 13.8 Å². The zero-order valence-corrected chi connectivity index (χ0v) is 37.5. The van der Waals surface area contributed by atoms with Gasteiger partial charge in [-0.05, 0) is 25.8 Å². The molecule has 4 saturated heterocycles. The second-order valence-corrected chi connectivity index (χ2v) is 17.2. The minimum Gasteiger partial charge on any atom is -0.477 e. The Morgan fingerprint density at radius 3 is 1.55 bits per heavy atom. The molecule has 0 aliphatic carbocycles. The maximum atomic E-state index is 13.2. The minimum absolute atomic E-state index is 0.00310. The monoisotopic (exact) mass is 1010 g/mol.